The summed E-state index contributed by atoms with van der Waals surface area (Å²) in [7, 11) is 0. The predicted molar refractivity (Wildman–Crippen MR) is 118 cm³/mol. The van der Waals surface area contributed by atoms with E-state index in [1.54, 1.807) is 6.08 Å². The van der Waals surface area contributed by atoms with Crippen molar-refractivity contribution in [3.05, 3.63) is 57.3 Å². The van der Waals surface area contributed by atoms with Gasteiger partial charge in [0.05, 0.1) is 5.69 Å². The molecule has 1 saturated heterocycles. The Morgan fingerprint density at radius 3 is 2.47 bits per heavy atom. The number of halogens is 1. The van der Waals surface area contributed by atoms with Crippen LogP contribution in [-0.2, 0) is 9.59 Å². The van der Waals surface area contributed by atoms with Crippen LogP contribution in [0, 0.1) is 13.8 Å². The number of hydrogen-bond donors (Lipinski definition) is 1. The summed E-state index contributed by atoms with van der Waals surface area (Å²) in [6.45, 7) is 3.93. The van der Waals surface area contributed by atoms with E-state index in [0.717, 1.165) is 59.2 Å². The quantitative estimate of drug-likeness (QED) is 0.525. The molecule has 2 aliphatic rings. The van der Waals surface area contributed by atoms with Gasteiger partial charge in [0.1, 0.15) is 5.57 Å². The number of benzene rings is 1. The predicted octanol–water partition coefficient (Wildman–Crippen LogP) is 4.65. The highest BCUT2D eigenvalue weighted by atomic mass is 79.9. The first-order valence-electron chi connectivity index (χ1n) is 10.2. The fraction of sp³-hybridized carbons (Fsp3) is 0.348. The number of nitrogens with one attached hydrogen (secondary N) is 1. The number of nitrogens with zero attached hydrogens (tertiary/aromatic N) is 2. The summed E-state index contributed by atoms with van der Waals surface area (Å²) in [4.78, 5) is 39.3. The van der Waals surface area contributed by atoms with Crippen LogP contribution in [0.3, 0.4) is 0 Å². The summed E-state index contributed by atoms with van der Waals surface area (Å²) >= 11 is 3.59. The molecule has 1 saturated carbocycles. The van der Waals surface area contributed by atoms with E-state index in [-0.39, 0.29) is 11.6 Å². The van der Waals surface area contributed by atoms with Crippen molar-refractivity contribution in [2.24, 2.45) is 0 Å². The van der Waals surface area contributed by atoms with Crippen LogP contribution >= 0.6 is 15.9 Å². The zero-order valence-corrected chi connectivity index (χ0v) is 18.7. The summed E-state index contributed by atoms with van der Waals surface area (Å²) in [6.07, 6.45) is 6.27. The molecule has 156 valence electrons. The van der Waals surface area contributed by atoms with Gasteiger partial charge in [0.15, 0.2) is 0 Å². The molecule has 0 unspecified atom stereocenters. The highest BCUT2D eigenvalue weighted by Gasteiger charge is 2.40. The van der Waals surface area contributed by atoms with Crippen LogP contribution in [0.15, 0.2) is 40.4 Å². The summed E-state index contributed by atoms with van der Waals surface area (Å²) in [5.74, 6) is -1.14. The molecule has 1 N–H and O–H groups in total. The molecule has 0 atom stereocenters. The van der Waals surface area contributed by atoms with Crippen molar-refractivity contribution in [3.8, 4) is 5.69 Å². The Kier molecular flexibility index (Phi) is 5.64. The molecular formula is C23H24BrN3O3. The number of imide groups is 2. The Hall–Kier alpha value is -2.67. The maximum Gasteiger partial charge on any atom is 0.331 e. The summed E-state index contributed by atoms with van der Waals surface area (Å²) in [5, 5.41) is 2.35. The van der Waals surface area contributed by atoms with Gasteiger partial charge in [0, 0.05) is 21.9 Å². The maximum absolute atomic E-state index is 13.1. The summed E-state index contributed by atoms with van der Waals surface area (Å²) < 4.78 is 3.03. The lowest BCUT2D eigenvalue weighted by molar-refractivity contribution is -0.132. The number of urea groups is 1. The number of amides is 4. The minimum Gasteiger partial charge on any atom is -0.317 e. The normalized spacial score (nSPS) is 19.5. The average Bonchev–Trinajstić information content (AvgIpc) is 2.99. The Bertz CT molecular complexity index is 1060. The van der Waals surface area contributed by atoms with Crippen LogP contribution in [0.25, 0.3) is 11.8 Å². The van der Waals surface area contributed by atoms with Gasteiger partial charge < -0.3 is 4.57 Å². The van der Waals surface area contributed by atoms with Gasteiger partial charge in [-0.2, -0.15) is 0 Å². The Morgan fingerprint density at radius 2 is 1.77 bits per heavy atom. The number of aryl methyl sites for hydroxylation is 1. The number of carbonyl (C=O) groups excluding carboxylic acids is 3. The molecule has 1 aromatic carbocycles. The number of hydrogen-bond acceptors (Lipinski definition) is 3. The zero-order valence-electron chi connectivity index (χ0n) is 17.1. The number of barbiturate groups is 1. The van der Waals surface area contributed by atoms with Crippen molar-refractivity contribution in [1.29, 1.82) is 0 Å². The van der Waals surface area contributed by atoms with Crippen molar-refractivity contribution >= 4 is 39.9 Å². The molecule has 0 spiro atoms. The first-order chi connectivity index (χ1) is 14.4. The number of carbonyl (C=O) groups is 3. The third-order valence-electron chi connectivity index (χ3n) is 5.94. The first kappa shape index (κ1) is 20.6. The van der Waals surface area contributed by atoms with E-state index in [2.05, 4.69) is 25.8 Å². The highest BCUT2D eigenvalue weighted by molar-refractivity contribution is 9.10. The smallest absolute Gasteiger partial charge is 0.317 e. The fourth-order valence-corrected chi connectivity index (χ4v) is 4.90. The third kappa shape index (κ3) is 3.62. The average molecular weight is 470 g/mol. The van der Waals surface area contributed by atoms with Crippen molar-refractivity contribution in [1.82, 2.24) is 14.8 Å². The van der Waals surface area contributed by atoms with Gasteiger partial charge in [0.2, 0.25) is 0 Å². The van der Waals surface area contributed by atoms with Crippen LogP contribution < -0.4 is 5.32 Å². The lowest BCUT2D eigenvalue weighted by atomic mass is 9.93. The molecular weight excluding hydrogens is 446 g/mol. The van der Waals surface area contributed by atoms with Gasteiger partial charge in [-0.25, -0.2) is 4.79 Å². The second-order valence-corrected chi connectivity index (χ2v) is 8.75. The molecule has 0 radical (unpaired) electrons. The second-order valence-electron chi connectivity index (χ2n) is 7.90. The number of para-hydroxylation sites is 1. The third-order valence-corrected chi connectivity index (χ3v) is 6.61. The van der Waals surface area contributed by atoms with Gasteiger partial charge >= 0.3 is 6.03 Å². The minimum absolute atomic E-state index is 0.00699. The van der Waals surface area contributed by atoms with Gasteiger partial charge in [0.25, 0.3) is 11.8 Å². The molecule has 1 aliphatic heterocycles. The Balaban J connectivity index is 1.73. The second kappa shape index (κ2) is 8.22. The largest absolute Gasteiger partial charge is 0.331 e. The highest BCUT2D eigenvalue weighted by Crippen LogP contribution is 2.30. The maximum atomic E-state index is 13.1. The molecule has 1 aliphatic carbocycles. The van der Waals surface area contributed by atoms with Crippen LogP contribution in [0.4, 0.5) is 4.79 Å². The van der Waals surface area contributed by atoms with E-state index in [1.165, 1.54) is 4.90 Å². The topological polar surface area (TPSA) is 71.4 Å². The number of rotatable bonds is 3. The molecule has 6 nitrogen and oxygen atoms in total. The van der Waals surface area contributed by atoms with Crippen molar-refractivity contribution in [2.45, 2.75) is 52.0 Å². The molecule has 4 amide bonds. The lowest BCUT2D eigenvalue weighted by Gasteiger charge is -2.35. The van der Waals surface area contributed by atoms with Crippen LogP contribution in [0.1, 0.15) is 49.1 Å². The minimum atomic E-state index is -0.636. The molecule has 4 rings (SSSR count). The molecule has 2 heterocycles. The van der Waals surface area contributed by atoms with E-state index < -0.39 is 17.8 Å². The molecule has 2 aromatic rings. The molecule has 7 heteroatoms. The van der Waals surface area contributed by atoms with Gasteiger partial charge in [-0.1, -0.05) is 31.4 Å². The zero-order chi connectivity index (χ0) is 21.4. The molecule has 1 aromatic heterocycles. The standard InChI is InChI=1S/C23H24BrN3O3/c1-14-12-16(15(2)26(14)20-11-7-6-10-19(20)24)13-18-21(28)25-23(30)27(22(18)29)17-8-4-3-5-9-17/h6-7,10-13,17H,3-5,8-9H2,1-2H3,(H,25,28,30). The van der Waals surface area contributed by atoms with Gasteiger partial charge in [-0.15, -0.1) is 0 Å². The van der Waals surface area contributed by atoms with Crippen LogP contribution in [0.5, 0.6) is 0 Å². The Labute approximate surface area is 184 Å². The molecule has 30 heavy (non-hydrogen) atoms. The Morgan fingerprint density at radius 1 is 1.07 bits per heavy atom. The SMILES string of the molecule is Cc1cc(C=C2C(=O)NC(=O)N(C3CCCCC3)C2=O)c(C)n1-c1ccccc1Br. The van der Waals surface area contributed by atoms with E-state index in [0.29, 0.717) is 0 Å². The van der Waals surface area contributed by atoms with Crippen molar-refractivity contribution in [3.63, 3.8) is 0 Å². The lowest BCUT2D eigenvalue weighted by Crippen LogP contribution is -2.58. The van der Waals surface area contributed by atoms with E-state index in [9.17, 15) is 14.4 Å². The molecule has 2 fully saturated rings. The van der Waals surface area contributed by atoms with Gasteiger partial charge in [-0.05, 0) is 72.5 Å². The monoisotopic (exact) mass is 469 g/mol. The van der Waals surface area contributed by atoms with E-state index in [1.807, 2.05) is 44.2 Å². The fourth-order valence-electron chi connectivity index (χ4n) is 4.43. The van der Waals surface area contributed by atoms with Crippen molar-refractivity contribution in [2.75, 3.05) is 0 Å². The van der Waals surface area contributed by atoms with Crippen molar-refractivity contribution < 1.29 is 14.4 Å². The summed E-state index contributed by atoms with van der Waals surface area (Å²) in [6, 6.07) is 9.09. The number of aromatic nitrogens is 1. The van der Waals surface area contributed by atoms with Gasteiger partial charge in [-0.3, -0.25) is 19.8 Å². The molecule has 0 bridgehead atoms. The van der Waals surface area contributed by atoms with E-state index >= 15 is 0 Å². The van der Waals surface area contributed by atoms with Crippen LogP contribution in [0.2, 0.25) is 0 Å². The first-order valence-corrected chi connectivity index (χ1v) is 11.0. The van der Waals surface area contributed by atoms with E-state index in [4.69, 9.17) is 0 Å². The van der Waals surface area contributed by atoms with Crippen LogP contribution in [-0.4, -0.2) is 33.4 Å². The summed E-state index contributed by atoms with van der Waals surface area (Å²) in [5.41, 5.74) is 3.66.